The van der Waals surface area contributed by atoms with Crippen LogP contribution in [-0.4, -0.2) is 20.0 Å². The average Bonchev–Trinajstić information content (AvgIpc) is 2.83. The monoisotopic (exact) mass is 262 g/mol. The number of hydrogen-bond acceptors (Lipinski definition) is 4. The Morgan fingerprint density at radius 3 is 2.17 bits per heavy atom. The van der Waals surface area contributed by atoms with Gasteiger partial charge in [-0.15, -0.1) is 11.3 Å². The van der Waals surface area contributed by atoms with E-state index < -0.39 is 0 Å². The molecule has 2 aromatic rings. The van der Waals surface area contributed by atoms with Gasteiger partial charge in [-0.2, -0.15) is 0 Å². The fraction of sp³-hybridized carbons (Fsp3) is 0.214. The summed E-state index contributed by atoms with van der Waals surface area (Å²) in [5, 5.41) is 1.91. The fourth-order valence-corrected chi connectivity index (χ4v) is 2.53. The highest BCUT2D eigenvalue weighted by Gasteiger charge is 2.21. The van der Waals surface area contributed by atoms with E-state index in [1.807, 2.05) is 18.4 Å². The Balaban J connectivity index is 2.56. The van der Waals surface area contributed by atoms with Crippen LogP contribution in [0.5, 0.6) is 11.5 Å². The van der Waals surface area contributed by atoms with Crippen LogP contribution in [0.1, 0.15) is 20.8 Å². The molecule has 0 aliphatic rings. The summed E-state index contributed by atoms with van der Waals surface area (Å²) in [6.45, 7) is 1.93. The van der Waals surface area contributed by atoms with Gasteiger partial charge in [0.25, 0.3) is 0 Å². The number of aryl methyl sites for hydroxylation is 1. The van der Waals surface area contributed by atoms with Crippen LogP contribution in [0.4, 0.5) is 0 Å². The van der Waals surface area contributed by atoms with Crippen LogP contribution >= 0.6 is 11.3 Å². The first-order chi connectivity index (χ1) is 8.69. The zero-order valence-electron chi connectivity index (χ0n) is 10.5. The Kier molecular flexibility index (Phi) is 3.67. The van der Waals surface area contributed by atoms with Crippen molar-refractivity contribution in [2.45, 2.75) is 6.92 Å². The molecule has 0 amide bonds. The Morgan fingerprint density at radius 1 is 1.11 bits per heavy atom. The van der Waals surface area contributed by atoms with Gasteiger partial charge in [-0.25, -0.2) is 0 Å². The van der Waals surface area contributed by atoms with Gasteiger partial charge < -0.3 is 9.47 Å². The Morgan fingerprint density at radius 2 is 1.72 bits per heavy atom. The fourth-order valence-electron chi connectivity index (χ4n) is 1.83. The lowest BCUT2D eigenvalue weighted by atomic mass is 10.0. The van der Waals surface area contributed by atoms with E-state index in [4.69, 9.17) is 9.47 Å². The highest BCUT2D eigenvalue weighted by molar-refractivity contribution is 7.10. The van der Waals surface area contributed by atoms with Crippen molar-refractivity contribution < 1.29 is 14.3 Å². The van der Waals surface area contributed by atoms with Gasteiger partial charge in [0.15, 0.2) is 0 Å². The maximum absolute atomic E-state index is 12.5. The highest BCUT2D eigenvalue weighted by Crippen LogP contribution is 2.32. The molecule has 18 heavy (non-hydrogen) atoms. The maximum Gasteiger partial charge on any atom is 0.201 e. The predicted molar refractivity (Wildman–Crippen MR) is 72.0 cm³/mol. The molecule has 0 saturated heterocycles. The van der Waals surface area contributed by atoms with Crippen molar-refractivity contribution in [1.82, 2.24) is 0 Å². The lowest BCUT2D eigenvalue weighted by Gasteiger charge is -2.11. The summed E-state index contributed by atoms with van der Waals surface area (Å²) in [4.78, 5) is 13.5. The Bertz CT molecular complexity index is 550. The predicted octanol–water partition coefficient (Wildman–Crippen LogP) is 3.30. The highest BCUT2D eigenvalue weighted by atomic mass is 32.1. The smallest absolute Gasteiger partial charge is 0.201 e. The summed E-state index contributed by atoms with van der Waals surface area (Å²) in [6.07, 6.45) is 0. The van der Waals surface area contributed by atoms with E-state index in [9.17, 15) is 4.79 Å². The minimum atomic E-state index is -0.0666. The first-order valence-electron chi connectivity index (χ1n) is 5.48. The molecule has 3 nitrogen and oxygen atoms in total. The lowest BCUT2D eigenvalue weighted by molar-refractivity contribution is 0.103. The summed E-state index contributed by atoms with van der Waals surface area (Å²) >= 11 is 1.55. The third-order valence-electron chi connectivity index (χ3n) is 2.76. The molecule has 0 N–H and O–H groups in total. The van der Waals surface area contributed by atoms with E-state index in [1.54, 1.807) is 43.8 Å². The van der Waals surface area contributed by atoms with Gasteiger partial charge in [0.1, 0.15) is 17.1 Å². The van der Waals surface area contributed by atoms with Crippen LogP contribution in [-0.2, 0) is 0 Å². The van der Waals surface area contributed by atoms with Crippen molar-refractivity contribution in [2.75, 3.05) is 14.2 Å². The van der Waals surface area contributed by atoms with Gasteiger partial charge in [-0.3, -0.25) is 4.79 Å². The molecule has 2 rings (SSSR count). The van der Waals surface area contributed by atoms with E-state index in [0.717, 1.165) is 4.88 Å². The summed E-state index contributed by atoms with van der Waals surface area (Å²) in [5.41, 5.74) is 1.17. The second kappa shape index (κ2) is 5.23. The van der Waals surface area contributed by atoms with Gasteiger partial charge in [-0.05, 0) is 30.5 Å². The molecule has 0 saturated carbocycles. The van der Waals surface area contributed by atoms with Gasteiger partial charge in [0, 0.05) is 10.4 Å². The molecule has 0 spiro atoms. The minimum Gasteiger partial charge on any atom is -0.496 e. The lowest BCUT2D eigenvalue weighted by Crippen LogP contribution is -2.06. The molecule has 0 atom stereocenters. The Labute approximate surface area is 110 Å². The minimum absolute atomic E-state index is 0.0666. The van der Waals surface area contributed by atoms with Gasteiger partial charge >= 0.3 is 0 Å². The maximum atomic E-state index is 12.5. The zero-order chi connectivity index (χ0) is 13.1. The number of benzene rings is 1. The summed E-state index contributed by atoms with van der Waals surface area (Å²) in [6, 6.07) is 7.15. The first-order valence-corrected chi connectivity index (χ1v) is 6.36. The molecule has 0 radical (unpaired) electrons. The summed E-state index contributed by atoms with van der Waals surface area (Å²) in [7, 11) is 3.10. The topological polar surface area (TPSA) is 35.5 Å². The number of hydrogen-bond donors (Lipinski definition) is 0. The van der Waals surface area contributed by atoms with E-state index in [2.05, 4.69) is 0 Å². The summed E-state index contributed by atoms with van der Waals surface area (Å²) < 4.78 is 10.5. The van der Waals surface area contributed by atoms with Crippen LogP contribution < -0.4 is 9.47 Å². The summed E-state index contributed by atoms with van der Waals surface area (Å²) in [5.74, 6) is 0.998. The molecular weight excluding hydrogens is 248 g/mol. The molecule has 1 aromatic carbocycles. The third-order valence-corrected chi connectivity index (χ3v) is 3.60. The van der Waals surface area contributed by atoms with Crippen LogP contribution in [0.3, 0.4) is 0 Å². The normalized spacial score (nSPS) is 10.2. The third kappa shape index (κ3) is 2.11. The number of ether oxygens (including phenoxy) is 2. The van der Waals surface area contributed by atoms with Gasteiger partial charge in [-0.1, -0.05) is 6.07 Å². The van der Waals surface area contributed by atoms with Crippen LogP contribution in [0.25, 0.3) is 0 Å². The number of ketones is 1. The van der Waals surface area contributed by atoms with Gasteiger partial charge in [0.2, 0.25) is 5.78 Å². The van der Waals surface area contributed by atoms with E-state index in [-0.39, 0.29) is 5.78 Å². The van der Waals surface area contributed by atoms with E-state index in [0.29, 0.717) is 22.6 Å². The molecule has 0 aliphatic heterocycles. The van der Waals surface area contributed by atoms with Crippen LogP contribution in [0.2, 0.25) is 0 Å². The number of carbonyl (C=O) groups is 1. The SMILES string of the molecule is COc1cccc(OC)c1C(=O)c1ccsc1C. The molecule has 1 aromatic heterocycles. The zero-order valence-corrected chi connectivity index (χ0v) is 11.3. The van der Waals surface area contributed by atoms with E-state index in [1.165, 1.54) is 0 Å². The molecular formula is C14H14O3S. The van der Waals surface area contributed by atoms with Crippen molar-refractivity contribution in [3.63, 3.8) is 0 Å². The second-order valence-corrected chi connectivity index (χ2v) is 4.88. The molecule has 0 fully saturated rings. The number of rotatable bonds is 4. The Hall–Kier alpha value is -1.81. The van der Waals surface area contributed by atoms with Gasteiger partial charge in [0.05, 0.1) is 14.2 Å². The molecule has 1 heterocycles. The largest absolute Gasteiger partial charge is 0.496 e. The van der Waals surface area contributed by atoms with Crippen molar-refractivity contribution in [2.24, 2.45) is 0 Å². The molecule has 4 heteroatoms. The molecule has 0 unspecified atom stereocenters. The standard InChI is InChI=1S/C14H14O3S/c1-9-10(7-8-18-9)14(15)13-11(16-2)5-4-6-12(13)17-3/h4-8H,1-3H3. The quantitative estimate of drug-likeness (QED) is 0.793. The van der Waals surface area contributed by atoms with Crippen molar-refractivity contribution >= 4 is 17.1 Å². The molecule has 94 valence electrons. The first kappa shape index (κ1) is 12.6. The molecule has 0 bridgehead atoms. The number of carbonyl (C=O) groups excluding carboxylic acids is 1. The van der Waals surface area contributed by atoms with Crippen molar-refractivity contribution in [3.8, 4) is 11.5 Å². The number of methoxy groups -OCH3 is 2. The second-order valence-electron chi connectivity index (χ2n) is 3.76. The van der Waals surface area contributed by atoms with E-state index >= 15 is 0 Å². The van der Waals surface area contributed by atoms with Crippen molar-refractivity contribution in [1.29, 1.82) is 0 Å². The average molecular weight is 262 g/mol. The van der Waals surface area contributed by atoms with Crippen molar-refractivity contribution in [3.05, 3.63) is 45.6 Å². The number of thiophene rings is 1. The van der Waals surface area contributed by atoms with Crippen LogP contribution in [0, 0.1) is 6.92 Å². The van der Waals surface area contributed by atoms with Crippen LogP contribution in [0.15, 0.2) is 29.6 Å². The molecule has 0 aliphatic carbocycles.